The van der Waals surface area contributed by atoms with Crippen LogP contribution >= 0.6 is 11.8 Å². The normalized spacial score (nSPS) is 12.1. The Hall–Kier alpha value is -3.35. The van der Waals surface area contributed by atoms with Crippen molar-refractivity contribution in [3.8, 4) is 0 Å². The van der Waals surface area contributed by atoms with Crippen LogP contribution in [0.15, 0.2) is 29.2 Å². The summed E-state index contributed by atoms with van der Waals surface area (Å²) in [5.74, 6) is -2.61. The zero-order valence-corrected chi connectivity index (χ0v) is 19.1. The third-order valence-electron chi connectivity index (χ3n) is 4.30. The highest BCUT2D eigenvalue weighted by atomic mass is 32.2. The quantitative estimate of drug-likeness (QED) is 0.107. The zero-order chi connectivity index (χ0) is 25.3. The van der Waals surface area contributed by atoms with Crippen molar-refractivity contribution < 1.29 is 48.0 Å². The van der Waals surface area contributed by atoms with Crippen LogP contribution in [0, 0.1) is 0 Å². The number of carboxylic acids is 2. The molecule has 2 atom stereocenters. The average Bonchev–Trinajstić information content (AvgIpc) is 2.80. The Morgan fingerprint density at radius 3 is 2.38 bits per heavy atom. The van der Waals surface area contributed by atoms with Crippen molar-refractivity contribution in [2.24, 2.45) is 0 Å². The molecule has 188 valence electrons. The molecule has 4 N–H and O–H groups in total. The fourth-order valence-electron chi connectivity index (χ4n) is 2.64. The minimum Gasteiger partial charge on any atom is -0.481 e. The van der Waals surface area contributed by atoms with Gasteiger partial charge >= 0.3 is 18.0 Å². The molecule has 0 aromatic heterocycles. The lowest BCUT2D eigenvalue weighted by molar-refractivity contribution is -0.154. The summed E-state index contributed by atoms with van der Waals surface area (Å²) in [5.41, 5.74) is 0.447. The molecule has 0 heterocycles. The lowest BCUT2D eigenvalue weighted by Crippen LogP contribution is -2.42. The number of ether oxygens (including phenoxy) is 2. The first-order valence-electron chi connectivity index (χ1n) is 10.3. The summed E-state index contributed by atoms with van der Waals surface area (Å²) < 4.78 is 21.8. The van der Waals surface area contributed by atoms with Crippen molar-refractivity contribution in [3.63, 3.8) is 0 Å². The predicted octanol–water partition coefficient (Wildman–Crippen LogP) is 2.19. The van der Waals surface area contributed by atoms with Crippen LogP contribution in [-0.2, 0) is 23.9 Å². The molecule has 11 nitrogen and oxygen atoms in total. The summed E-state index contributed by atoms with van der Waals surface area (Å²) in [7, 11) is 0. The minimum atomic E-state index is -1.48. The Bertz CT molecular complexity index is 823. The van der Waals surface area contributed by atoms with Gasteiger partial charge < -0.3 is 30.3 Å². The number of hydrogen-bond donors (Lipinski definition) is 4. The number of carbonyl (C=O) groups excluding carboxylic acids is 3. The number of aliphatic carboxylic acids is 2. The molecular weight excluding hydrogens is 475 g/mol. The Labute approximate surface area is 199 Å². The van der Waals surface area contributed by atoms with E-state index in [1.54, 1.807) is 24.3 Å². The van der Waals surface area contributed by atoms with Gasteiger partial charge in [0.15, 0.2) is 0 Å². The molecule has 1 rings (SSSR count). The highest BCUT2D eigenvalue weighted by Crippen LogP contribution is 2.18. The second kappa shape index (κ2) is 16.3. The third kappa shape index (κ3) is 12.0. The molecule has 0 aliphatic rings. The van der Waals surface area contributed by atoms with E-state index in [0.29, 0.717) is 30.7 Å². The van der Waals surface area contributed by atoms with Crippen molar-refractivity contribution >= 4 is 42.2 Å². The Morgan fingerprint density at radius 1 is 1.09 bits per heavy atom. The van der Waals surface area contributed by atoms with Gasteiger partial charge in [0.25, 0.3) is 12.4 Å². The standard InChI is InChI=1S/C21H27FN2O9S/c22-10-12-34-15-6-4-14(5-7-15)19(28)23-11-2-1-3-18(32-13-25)33-21(31)24-16(20(29)30)8-9-17(26)27/h4-7,13,16,18H,1-3,8-12H2,(H,23,28)(H,24,31)(H,26,27)(H,29,30)/t16-,18-/m0/s1. The topological polar surface area (TPSA) is 168 Å². The molecule has 0 bridgehead atoms. The number of thioether (sulfide) groups is 1. The summed E-state index contributed by atoms with van der Waals surface area (Å²) in [4.78, 5) is 57.3. The highest BCUT2D eigenvalue weighted by molar-refractivity contribution is 7.99. The number of benzene rings is 1. The van der Waals surface area contributed by atoms with Gasteiger partial charge in [-0.25, -0.2) is 9.59 Å². The van der Waals surface area contributed by atoms with Gasteiger partial charge in [-0.1, -0.05) is 0 Å². The van der Waals surface area contributed by atoms with Crippen LogP contribution in [0.25, 0.3) is 0 Å². The van der Waals surface area contributed by atoms with E-state index in [4.69, 9.17) is 14.9 Å². The predicted molar refractivity (Wildman–Crippen MR) is 118 cm³/mol. The van der Waals surface area contributed by atoms with E-state index in [-0.39, 0.29) is 25.2 Å². The number of alkyl halides is 1. The van der Waals surface area contributed by atoms with Crippen molar-refractivity contribution in [2.75, 3.05) is 19.0 Å². The second-order valence-corrected chi connectivity index (χ2v) is 8.02. The molecule has 0 fully saturated rings. The van der Waals surface area contributed by atoms with E-state index in [1.165, 1.54) is 11.8 Å². The van der Waals surface area contributed by atoms with E-state index in [0.717, 1.165) is 4.90 Å². The number of nitrogens with one attached hydrogen (secondary N) is 2. The largest absolute Gasteiger partial charge is 0.481 e. The Balaban J connectivity index is 2.39. The molecule has 2 amide bonds. The number of carbonyl (C=O) groups is 5. The third-order valence-corrected chi connectivity index (χ3v) is 5.26. The highest BCUT2D eigenvalue weighted by Gasteiger charge is 2.24. The maximum atomic E-state index is 12.2. The average molecular weight is 503 g/mol. The van der Waals surface area contributed by atoms with E-state index >= 15 is 0 Å². The van der Waals surface area contributed by atoms with Crippen LogP contribution in [0.3, 0.4) is 0 Å². The van der Waals surface area contributed by atoms with E-state index in [1.807, 2.05) is 5.32 Å². The van der Waals surface area contributed by atoms with Crippen LogP contribution in [0.5, 0.6) is 0 Å². The van der Waals surface area contributed by atoms with E-state index in [9.17, 15) is 28.4 Å². The first-order valence-corrected chi connectivity index (χ1v) is 11.3. The molecule has 34 heavy (non-hydrogen) atoms. The number of hydrogen-bond acceptors (Lipinski definition) is 8. The lowest BCUT2D eigenvalue weighted by atomic mass is 10.1. The van der Waals surface area contributed by atoms with Crippen LogP contribution < -0.4 is 10.6 Å². The van der Waals surface area contributed by atoms with Crippen molar-refractivity contribution in [1.29, 1.82) is 0 Å². The summed E-state index contributed by atoms with van der Waals surface area (Å²) in [6.45, 7) is -0.0567. The lowest BCUT2D eigenvalue weighted by Gasteiger charge is -2.18. The number of alkyl carbamates (subject to hydrolysis) is 1. The number of rotatable bonds is 17. The van der Waals surface area contributed by atoms with Crippen LogP contribution in [0.1, 0.15) is 42.5 Å². The summed E-state index contributed by atoms with van der Waals surface area (Å²) in [5, 5.41) is 22.4. The van der Waals surface area contributed by atoms with Gasteiger partial charge in [-0.05, 0) is 43.5 Å². The van der Waals surface area contributed by atoms with Gasteiger partial charge in [-0.3, -0.25) is 18.8 Å². The summed E-state index contributed by atoms with van der Waals surface area (Å²) in [6, 6.07) is 5.26. The SMILES string of the molecule is O=CO[C@H](CCCCNC(=O)c1ccc(SCCF)cc1)OC(=O)N[C@@H](CCC(=O)O)C(=O)O. The fourth-order valence-corrected chi connectivity index (χ4v) is 3.28. The maximum Gasteiger partial charge on any atom is 0.410 e. The molecule has 0 aliphatic carbocycles. The molecule has 1 aromatic carbocycles. The Kier molecular flexibility index (Phi) is 13.7. The van der Waals surface area contributed by atoms with Gasteiger partial charge in [0.05, 0.1) is 6.67 Å². The van der Waals surface area contributed by atoms with Gasteiger partial charge in [0, 0.05) is 35.6 Å². The zero-order valence-electron chi connectivity index (χ0n) is 18.2. The molecule has 0 aliphatic heterocycles. The second-order valence-electron chi connectivity index (χ2n) is 6.85. The molecule has 1 aromatic rings. The number of carboxylic acid groups (broad SMARTS) is 2. The number of unbranched alkanes of at least 4 members (excludes halogenated alkanes) is 1. The van der Waals surface area contributed by atoms with Crippen molar-refractivity contribution in [2.45, 2.75) is 49.3 Å². The number of amides is 2. The molecule has 13 heteroatoms. The van der Waals surface area contributed by atoms with Gasteiger partial charge in [0.1, 0.15) is 6.04 Å². The summed E-state index contributed by atoms with van der Waals surface area (Å²) >= 11 is 1.35. The van der Waals surface area contributed by atoms with Gasteiger partial charge in [0.2, 0.25) is 6.29 Å². The molecule has 0 saturated heterocycles. The van der Waals surface area contributed by atoms with Gasteiger partial charge in [-0.15, -0.1) is 11.8 Å². The molecular formula is C21H27FN2O9S. The smallest absolute Gasteiger partial charge is 0.410 e. The van der Waals surface area contributed by atoms with Crippen LogP contribution in [-0.4, -0.2) is 71.9 Å². The van der Waals surface area contributed by atoms with Crippen molar-refractivity contribution in [3.05, 3.63) is 29.8 Å². The van der Waals surface area contributed by atoms with Crippen LogP contribution in [0.4, 0.5) is 9.18 Å². The monoisotopic (exact) mass is 502 g/mol. The molecule has 0 spiro atoms. The molecule has 0 radical (unpaired) electrons. The first kappa shape index (κ1) is 28.7. The minimum absolute atomic E-state index is 0.0777. The Morgan fingerprint density at radius 2 is 1.79 bits per heavy atom. The van der Waals surface area contributed by atoms with E-state index in [2.05, 4.69) is 10.1 Å². The summed E-state index contributed by atoms with van der Waals surface area (Å²) in [6.07, 6.45) is -2.32. The molecule has 0 unspecified atom stereocenters. The fraction of sp³-hybridized carbons (Fsp3) is 0.476. The van der Waals surface area contributed by atoms with Crippen LogP contribution in [0.2, 0.25) is 0 Å². The van der Waals surface area contributed by atoms with Gasteiger partial charge in [-0.2, -0.15) is 0 Å². The van der Waals surface area contributed by atoms with Crippen molar-refractivity contribution in [1.82, 2.24) is 10.6 Å². The van der Waals surface area contributed by atoms with E-state index < -0.39 is 43.5 Å². The molecule has 0 saturated carbocycles. The maximum absolute atomic E-state index is 12.2. The number of halogens is 1. The first-order chi connectivity index (χ1) is 16.3.